The molecule has 1 unspecified atom stereocenters. The third-order valence-electron chi connectivity index (χ3n) is 2.57. The molecule has 0 aromatic heterocycles. The van der Waals surface area contributed by atoms with E-state index < -0.39 is 11.9 Å². The fourth-order valence-corrected chi connectivity index (χ4v) is 1.48. The lowest BCUT2D eigenvalue weighted by Crippen LogP contribution is -2.21. The van der Waals surface area contributed by atoms with Gasteiger partial charge in [0, 0.05) is 19.7 Å². The lowest BCUT2D eigenvalue weighted by molar-refractivity contribution is -0.141. The van der Waals surface area contributed by atoms with Gasteiger partial charge < -0.3 is 10.0 Å². The SMILES string of the molecule is CC(Cc1ccc(C(=O)N(C)C)cc1)C(=O)O. The monoisotopic (exact) mass is 235 g/mol. The number of hydrogen-bond acceptors (Lipinski definition) is 2. The summed E-state index contributed by atoms with van der Waals surface area (Å²) in [5.41, 5.74) is 1.54. The van der Waals surface area contributed by atoms with Crippen molar-refractivity contribution in [3.05, 3.63) is 35.4 Å². The van der Waals surface area contributed by atoms with E-state index in [9.17, 15) is 9.59 Å². The Morgan fingerprint density at radius 3 is 2.18 bits per heavy atom. The maximum atomic E-state index is 11.6. The third-order valence-corrected chi connectivity index (χ3v) is 2.57. The highest BCUT2D eigenvalue weighted by Gasteiger charge is 2.12. The fourth-order valence-electron chi connectivity index (χ4n) is 1.48. The standard InChI is InChI=1S/C13H17NO3/c1-9(13(16)17)8-10-4-6-11(7-5-10)12(15)14(2)3/h4-7,9H,8H2,1-3H3,(H,16,17). The van der Waals surface area contributed by atoms with E-state index in [-0.39, 0.29) is 5.91 Å². The molecule has 1 rings (SSSR count). The van der Waals surface area contributed by atoms with Gasteiger partial charge in [0.05, 0.1) is 5.92 Å². The highest BCUT2D eigenvalue weighted by molar-refractivity contribution is 5.93. The Morgan fingerprint density at radius 2 is 1.76 bits per heavy atom. The number of carboxylic acid groups (broad SMARTS) is 1. The van der Waals surface area contributed by atoms with Gasteiger partial charge in [-0.3, -0.25) is 9.59 Å². The van der Waals surface area contributed by atoms with Crippen LogP contribution in [0.5, 0.6) is 0 Å². The van der Waals surface area contributed by atoms with Crippen LogP contribution in [-0.4, -0.2) is 36.0 Å². The summed E-state index contributed by atoms with van der Waals surface area (Å²) in [6.45, 7) is 1.67. The Kier molecular flexibility index (Phi) is 4.26. The van der Waals surface area contributed by atoms with Gasteiger partial charge in [0.15, 0.2) is 0 Å². The smallest absolute Gasteiger partial charge is 0.306 e. The summed E-state index contributed by atoms with van der Waals surface area (Å²) in [7, 11) is 3.39. The molecule has 1 aromatic rings. The van der Waals surface area contributed by atoms with E-state index in [2.05, 4.69) is 0 Å². The van der Waals surface area contributed by atoms with Gasteiger partial charge in [0.1, 0.15) is 0 Å². The zero-order chi connectivity index (χ0) is 13.0. The average molecular weight is 235 g/mol. The second-order valence-electron chi connectivity index (χ2n) is 4.34. The van der Waals surface area contributed by atoms with Crippen molar-refractivity contribution in [3.8, 4) is 0 Å². The number of carbonyl (C=O) groups is 2. The molecule has 0 heterocycles. The number of benzene rings is 1. The summed E-state index contributed by atoms with van der Waals surface area (Å²) in [6, 6.07) is 7.06. The topological polar surface area (TPSA) is 57.6 Å². The molecule has 0 fully saturated rings. The van der Waals surface area contributed by atoms with Crippen LogP contribution in [-0.2, 0) is 11.2 Å². The van der Waals surface area contributed by atoms with E-state index >= 15 is 0 Å². The predicted molar refractivity (Wildman–Crippen MR) is 65.0 cm³/mol. The second kappa shape index (κ2) is 5.48. The molecule has 0 spiro atoms. The summed E-state index contributed by atoms with van der Waals surface area (Å²) in [5.74, 6) is -1.27. The average Bonchev–Trinajstić information content (AvgIpc) is 2.28. The first kappa shape index (κ1) is 13.2. The molecule has 1 amide bonds. The largest absolute Gasteiger partial charge is 0.481 e. The number of amides is 1. The van der Waals surface area contributed by atoms with Crippen molar-refractivity contribution in [1.29, 1.82) is 0 Å². The van der Waals surface area contributed by atoms with Crippen molar-refractivity contribution >= 4 is 11.9 Å². The molecule has 0 bridgehead atoms. The molecule has 0 aliphatic carbocycles. The number of carbonyl (C=O) groups excluding carboxylic acids is 1. The van der Waals surface area contributed by atoms with Gasteiger partial charge in [-0.2, -0.15) is 0 Å². The minimum absolute atomic E-state index is 0.0529. The number of nitrogens with zero attached hydrogens (tertiary/aromatic N) is 1. The number of carboxylic acids is 1. The summed E-state index contributed by atoms with van der Waals surface area (Å²) < 4.78 is 0. The van der Waals surface area contributed by atoms with Gasteiger partial charge in [-0.05, 0) is 24.1 Å². The van der Waals surface area contributed by atoms with Crippen molar-refractivity contribution in [1.82, 2.24) is 4.90 Å². The first-order chi connectivity index (χ1) is 7.91. The maximum Gasteiger partial charge on any atom is 0.306 e. The van der Waals surface area contributed by atoms with Crippen LogP contribution >= 0.6 is 0 Å². The van der Waals surface area contributed by atoms with Gasteiger partial charge in [-0.1, -0.05) is 19.1 Å². The zero-order valence-corrected chi connectivity index (χ0v) is 10.3. The summed E-state index contributed by atoms with van der Waals surface area (Å²) in [5, 5.41) is 8.80. The van der Waals surface area contributed by atoms with E-state index in [0.29, 0.717) is 12.0 Å². The Balaban J connectivity index is 2.75. The van der Waals surface area contributed by atoms with E-state index in [1.807, 2.05) is 0 Å². The Labute approximate surface area is 101 Å². The highest BCUT2D eigenvalue weighted by Crippen LogP contribution is 2.11. The van der Waals surface area contributed by atoms with Crippen LogP contribution in [0.1, 0.15) is 22.8 Å². The predicted octanol–water partition coefficient (Wildman–Crippen LogP) is 1.65. The van der Waals surface area contributed by atoms with E-state index in [1.54, 1.807) is 45.3 Å². The molecule has 0 radical (unpaired) electrons. The second-order valence-corrected chi connectivity index (χ2v) is 4.34. The van der Waals surface area contributed by atoms with Crippen LogP contribution in [0.4, 0.5) is 0 Å². The Bertz CT molecular complexity index is 409. The molecule has 4 nitrogen and oxygen atoms in total. The lowest BCUT2D eigenvalue weighted by atomic mass is 10.00. The van der Waals surface area contributed by atoms with Gasteiger partial charge in [0.2, 0.25) is 0 Å². The van der Waals surface area contributed by atoms with Crippen molar-refractivity contribution in [2.45, 2.75) is 13.3 Å². The van der Waals surface area contributed by atoms with Crippen LogP contribution in [0.25, 0.3) is 0 Å². The van der Waals surface area contributed by atoms with Crippen LogP contribution < -0.4 is 0 Å². The minimum atomic E-state index is -0.807. The molecule has 17 heavy (non-hydrogen) atoms. The van der Waals surface area contributed by atoms with E-state index in [0.717, 1.165) is 5.56 Å². The molecule has 92 valence electrons. The first-order valence-electron chi connectivity index (χ1n) is 5.45. The highest BCUT2D eigenvalue weighted by atomic mass is 16.4. The first-order valence-corrected chi connectivity index (χ1v) is 5.45. The summed E-state index contributed by atoms with van der Waals surface area (Å²) in [6.07, 6.45) is 0.478. The lowest BCUT2D eigenvalue weighted by Gasteiger charge is -2.11. The molecule has 1 atom stereocenters. The quantitative estimate of drug-likeness (QED) is 0.863. The molecule has 0 saturated carbocycles. The Morgan fingerprint density at radius 1 is 1.24 bits per heavy atom. The molecule has 0 aliphatic rings. The van der Waals surface area contributed by atoms with Gasteiger partial charge in [0.25, 0.3) is 5.91 Å². The van der Waals surface area contributed by atoms with Gasteiger partial charge in [-0.15, -0.1) is 0 Å². The van der Waals surface area contributed by atoms with Gasteiger partial charge >= 0.3 is 5.97 Å². The molecule has 1 aromatic carbocycles. The van der Waals surface area contributed by atoms with Crippen molar-refractivity contribution in [3.63, 3.8) is 0 Å². The molecular weight excluding hydrogens is 218 g/mol. The molecule has 1 N–H and O–H groups in total. The van der Waals surface area contributed by atoms with Crippen LogP contribution in [0, 0.1) is 5.92 Å². The molecular formula is C13H17NO3. The third kappa shape index (κ3) is 3.59. The van der Waals surface area contributed by atoms with Crippen LogP contribution in [0.2, 0.25) is 0 Å². The number of aliphatic carboxylic acids is 1. The summed E-state index contributed by atoms with van der Waals surface area (Å²) >= 11 is 0. The zero-order valence-electron chi connectivity index (χ0n) is 10.3. The van der Waals surface area contributed by atoms with E-state index in [4.69, 9.17) is 5.11 Å². The molecule has 0 saturated heterocycles. The van der Waals surface area contributed by atoms with Crippen molar-refractivity contribution in [2.75, 3.05) is 14.1 Å². The summed E-state index contributed by atoms with van der Waals surface area (Å²) in [4.78, 5) is 23.8. The molecule has 0 aliphatic heterocycles. The fraction of sp³-hybridized carbons (Fsp3) is 0.385. The minimum Gasteiger partial charge on any atom is -0.481 e. The van der Waals surface area contributed by atoms with E-state index in [1.165, 1.54) is 4.90 Å². The molecule has 4 heteroatoms. The Hall–Kier alpha value is -1.84. The van der Waals surface area contributed by atoms with Crippen LogP contribution in [0.3, 0.4) is 0 Å². The van der Waals surface area contributed by atoms with Crippen molar-refractivity contribution in [2.24, 2.45) is 5.92 Å². The maximum absolute atomic E-state index is 11.6. The number of rotatable bonds is 4. The normalized spacial score (nSPS) is 11.9. The van der Waals surface area contributed by atoms with Crippen molar-refractivity contribution < 1.29 is 14.7 Å². The van der Waals surface area contributed by atoms with Crippen LogP contribution in [0.15, 0.2) is 24.3 Å². The number of hydrogen-bond donors (Lipinski definition) is 1. The van der Waals surface area contributed by atoms with Gasteiger partial charge in [-0.25, -0.2) is 0 Å².